The number of esters is 1. The maximum atomic E-state index is 11.6. The van der Waals surface area contributed by atoms with Gasteiger partial charge in [0.05, 0.1) is 17.6 Å². The summed E-state index contributed by atoms with van der Waals surface area (Å²) in [4.78, 5) is 24.0. The minimum atomic E-state index is -0.507. The summed E-state index contributed by atoms with van der Waals surface area (Å²) in [6.45, 7) is 1.98. The van der Waals surface area contributed by atoms with Crippen LogP contribution >= 0.6 is 11.8 Å². The molecular weight excluding hydrogens is 280 g/mol. The monoisotopic (exact) mass is 298 g/mol. The molecule has 110 valence electrons. The van der Waals surface area contributed by atoms with Crippen molar-refractivity contribution in [2.45, 2.75) is 13.0 Å². The number of nitro benzene ring substituents is 1. The summed E-state index contributed by atoms with van der Waals surface area (Å²) >= 11 is 1.66. The lowest BCUT2D eigenvalue weighted by molar-refractivity contribution is -0.384. The summed E-state index contributed by atoms with van der Waals surface area (Å²) in [6, 6.07) is 4.35. The highest BCUT2D eigenvalue weighted by Gasteiger charge is 2.22. The van der Waals surface area contributed by atoms with Crippen LogP contribution in [0.25, 0.3) is 0 Å². The third kappa shape index (κ3) is 3.63. The smallest absolute Gasteiger partial charge is 0.337 e. The molecule has 1 aromatic carbocycles. The van der Waals surface area contributed by atoms with Gasteiger partial charge in [-0.3, -0.25) is 10.1 Å². The Hall–Kier alpha value is -1.76. The Morgan fingerprint density at radius 2 is 2.20 bits per heavy atom. The second kappa shape index (κ2) is 7.14. The molecule has 1 rings (SSSR count). The fourth-order valence-corrected chi connectivity index (χ4v) is 2.50. The molecule has 0 saturated heterocycles. The standard InChI is InChI=1S/C13H18N2O4S/c1-9(8-20-4)14(2)12-7-10(13(16)19-3)5-6-11(12)15(17)18/h5-7,9H,8H2,1-4H3. The van der Waals surface area contributed by atoms with E-state index in [0.29, 0.717) is 11.3 Å². The van der Waals surface area contributed by atoms with Gasteiger partial charge in [0.2, 0.25) is 0 Å². The van der Waals surface area contributed by atoms with E-state index in [2.05, 4.69) is 4.74 Å². The average molecular weight is 298 g/mol. The van der Waals surface area contributed by atoms with Crippen LogP contribution in [-0.2, 0) is 4.74 Å². The van der Waals surface area contributed by atoms with Gasteiger partial charge in [0.25, 0.3) is 5.69 Å². The van der Waals surface area contributed by atoms with E-state index in [1.165, 1.54) is 25.3 Å². The van der Waals surface area contributed by atoms with Crippen molar-refractivity contribution in [3.8, 4) is 0 Å². The predicted octanol–water partition coefficient (Wildman–Crippen LogP) is 2.57. The van der Waals surface area contributed by atoms with Crippen LogP contribution in [0.1, 0.15) is 17.3 Å². The highest BCUT2D eigenvalue weighted by atomic mass is 32.2. The lowest BCUT2D eigenvalue weighted by Gasteiger charge is -2.26. The number of hydrogen-bond acceptors (Lipinski definition) is 6. The number of anilines is 1. The molecule has 1 aromatic rings. The molecule has 1 unspecified atom stereocenters. The van der Waals surface area contributed by atoms with E-state index in [9.17, 15) is 14.9 Å². The van der Waals surface area contributed by atoms with Crippen LogP contribution in [0.4, 0.5) is 11.4 Å². The first-order chi connectivity index (χ1) is 9.42. The molecule has 0 bridgehead atoms. The van der Waals surface area contributed by atoms with Crippen molar-refractivity contribution in [3.05, 3.63) is 33.9 Å². The molecule has 0 spiro atoms. The Morgan fingerprint density at radius 1 is 1.55 bits per heavy atom. The second-order valence-electron chi connectivity index (χ2n) is 4.37. The molecule has 0 radical (unpaired) electrons. The molecule has 6 nitrogen and oxygen atoms in total. The largest absolute Gasteiger partial charge is 0.465 e. The average Bonchev–Trinajstić information content (AvgIpc) is 2.45. The van der Waals surface area contributed by atoms with Crippen LogP contribution in [0.3, 0.4) is 0 Å². The number of carbonyl (C=O) groups excluding carboxylic acids is 1. The number of hydrogen-bond donors (Lipinski definition) is 0. The number of ether oxygens (including phenoxy) is 1. The number of nitro groups is 1. The minimum absolute atomic E-state index is 0.0203. The number of nitrogens with zero attached hydrogens (tertiary/aromatic N) is 2. The van der Waals surface area contributed by atoms with E-state index in [-0.39, 0.29) is 11.7 Å². The fraction of sp³-hybridized carbons (Fsp3) is 0.462. The molecule has 0 heterocycles. The van der Waals surface area contributed by atoms with Gasteiger partial charge in [-0.2, -0.15) is 11.8 Å². The van der Waals surface area contributed by atoms with Crippen LogP contribution < -0.4 is 4.90 Å². The van der Waals surface area contributed by atoms with Crippen molar-refractivity contribution in [2.24, 2.45) is 0 Å². The van der Waals surface area contributed by atoms with Crippen molar-refractivity contribution in [2.75, 3.05) is 31.1 Å². The zero-order valence-electron chi connectivity index (χ0n) is 12.0. The Kier molecular flexibility index (Phi) is 5.82. The molecule has 1 atom stereocenters. The van der Waals surface area contributed by atoms with Crippen LogP contribution in [0.15, 0.2) is 18.2 Å². The van der Waals surface area contributed by atoms with E-state index in [1.807, 2.05) is 13.2 Å². The van der Waals surface area contributed by atoms with Gasteiger partial charge in [0, 0.05) is 24.9 Å². The topological polar surface area (TPSA) is 72.7 Å². The molecule has 0 aliphatic rings. The van der Waals surface area contributed by atoms with Gasteiger partial charge in [-0.15, -0.1) is 0 Å². The van der Waals surface area contributed by atoms with Crippen molar-refractivity contribution < 1.29 is 14.5 Å². The summed E-state index contributed by atoms with van der Waals surface area (Å²) < 4.78 is 4.65. The van der Waals surface area contributed by atoms with Gasteiger partial charge in [-0.05, 0) is 25.3 Å². The summed E-state index contributed by atoms with van der Waals surface area (Å²) in [5.74, 6) is 0.322. The summed E-state index contributed by atoms with van der Waals surface area (Å²) in [5, 5.41) is 11.1. The third-order valence-electron chi connectivity index (χ3n) is 3.04. The molecule has 0 aromatic heterocycles. The fourth-order valence-electron chi connectivity index (χ4n) is 1.80. The Balaban J connectivity index is 3.24. The minimum Gasteiger partial charge on any atom is -0.465 e. The Labute approximate surface area is 122 Å². The maximum Gasteiger partial charge on any atom is 0.337 e. The Morgan fingerprint density at radius 3 is 2.70 bits per heavy atom. The van der Waals surface area contributed by atoms with Gasteiger partial charge in [-0.1, -0.05) is 0 Å². The van der Waals surface area contributed by atoms with Crippen molar-refractivity contribution >= 4 is 29.1 Å². The van der Waals surface area contributed by atoms with Gasteiger partial charge < -0.3 is 9.64 Å². The molecule has 7 heteroatoms. The van der Waals surface area contributed by atoms with Crippen molar-refractivity contribution in [3.63, 3.8) is 0 Å². The molecule has 0 N–H and O–H groups in total. The van der Waals surface area contributed by atoms with Gasteiger partial charge in [0.15, 0.2) is 0 Å². The highest BCUT2D eigenvalue weighted by molar-refractivity contribution is 7.98. The quantitative estimate of drug-likeness (QED) is 0.456. The van der Waals surface area contributed by atoms with Crippen LogP contribution in [0.2, 0.25) is 0 Å². The lowest BCUT2D eigenvalue weighted by Crippen LogP contribution is -2.31. The van der Waals surface area contributed by atoms with E-state index in [1.54, 1.807) is 23.7 Å². The van der Waals surface area contributed by atoms with Crippen LogP contribution in [0, 0.1) is 10.1 Å². The number of methoxy groups -OCH3 is 1. The summed E-state index contributed by atoms with van der Waals surface area (Å²) in [5.41, 5.74) is 0.698. The van der Waals surface area contributed by atoms with E-state index in [0.717, 1.165) is 5.75 Å². The molecule has 0 aliphatic heterocycles. The number of benzene rings is 1. The number of thioether (sulfide) groups is 1. The highest BCUT2D eigenvalue weighted by Crippen LogP contribution is 2.30. The van der Waals surface area contributed by atoms with E-state index >= 15 is 0 Å². The summed E-state index contributed by atoms with van der Waals surface area (Å²) in [7, 11) is 3.06. The normalized spacial score (nSPS) is 11.8. The first-order valence-electron chi connectivity index (χ1n) is 6.00. The van der Waals surface area contributed by atoms with E-state index in [4.69, 9.17) is 0 Å². The molecule has 0 fully saturated rings. The van der Waals surface area contributed by atoms with Crippen molar-refractivity contribution in [1.82, 2.24) is 0 Å². The van der Waals surface area contributed by atoms with Gasteiger partial charge >= 0.3 is 5.97 Å². The zero-order chi connectivity index (χ0) is 15.3. The molecule has 20 heavy (non-hydrogen) atoms. The zero-order valence-corrected chi connectivity index (χ0v) is 12.8. The number of carbonyl (C=O) groups is 1. The first kappa shape index (κ1) is 16.3. The van der Waals surface area contributed by atoms with E-state index < -0.39 is 10.9 Å². The predicted molar refractivity (Wildman–Crippen MR) is 80.7 cm³/mol. The molecule has 0 aliphatic carbocycles. The van der Waals surface area contributed by atoms with Gasteiger partial charge in [-0.25, -0.2) is 4.79 Å². The van der Waals surface area contributed by atoms with Gasteiger partial charge in [0.1, 0.15) is 5.69 Å². The van der Waals surface area contributed by atoms with Crippen molar-refractivity contribution in [1.29, 1.82) is 0 Å². The SMILES string of the molecule is COC(=O)c1ccc([N+](=O)[O-])c(N(C)C(C)CSC)c1. The molecule has 0 amide bonds. The summed E-state index contributed by atoms with van der Waals surface area (Å²) in [6.07, 6.45) is 1.98. The Bertz CT molecular complexity index is 507. The number of rotatable bonds is 6. The first-order valence-corrected chi connectivity index (χ1v) is 7.40. The third-order valence-corrected chi connectivity index (χ3v) is 3.86. The molecular formula is C13H18N2O4S. The molecule has 0 saturated carbocycles. The lowest BCUT2D eigenvalue weighted by atomic mass is 10.1. The second-order valence-corrected chi connectivity index (χ2v) is 5.28. The van der Waals surface area contributed by atoms with Crippen LogP contribution in [-0.4, -0.2) is 43.1 Å². The maximum absolute atomic E-state index is 11.6. The van der Waals surface area contributed by atoms with Crippen LogP contribution in [0.5, 0.6) is 0 Å².